The van der Waals surface area contributed by atoms with Crippen LogP contribution in [0.1, 0.15) is 32.1 Å². The Morgan fingerprint density at radius 1 is 1.56 bits per heavy atom. The van der Waals surface area contributed by atoms with Crippen molar-refractivity contribution >= 4 is 5.97 Å². The van der Waals surface area contributed by atoms with Gasteiger partial charge in [-0.15, -0.1) is 0 Å². The third kappa shape index (κ3) is 5.47. The molecule has 1 N–H and O–H groups in total. The molecule has 0 aromatic carbocycles. The Morgan fingerprint density at radius 2 is 2.38 bits per heavy atom. The number of likely N-dealkylation sites (tertiary alicyclic amines) is 1. The van der Waals surface area contributed by atoms with E-state index >= 15 is 0 Å². The maximum absolute atomic E-state index is 10.5. The van der Waals surface area contributed by atoms with E-state index in [0.29, 0.717) is 12.3 Å². The molecule has 0 aliphatic carbocycles. The lowest BCUT2D eigenvalue weighted by Crippen LogP contribution is -2.36. The lowest BCUT2D eigenvalue weighted by molar-refractivity contribution is -0.137. The van der Waals surface area contributed by atoms with E-state index in [-0.39, 0.29) is 0 Å². The normalized spacial score (nSPS) is 22.2. The highest BCUT2D eigenvalue weighted by Gasteiger charge is 2.19. The van der Waals surface area contributed by atoms with Crippen LogP contribution in [0.5, 0.6) is 0 Å². The SMILES string of the molecule is COCCCN1CCCC(CCC(=O)O)C1. The van der Waals surface area contributed by atoms with Crippen LogP contribution < -0.4 is 0 Å². The number of carboxylic acid groups (broad SMARTS) is 1. The Morgan fingerprint density at radius 3 is 3.06 bits per heavy atom. The number of hydrogen-bond donors (Lipinski definition) is 1. The number of carbonyl (C=O) groups is 1. The molecule has 0 spiro atoms. The predicted molar refractivity (Wildman–Crippen MR) is 62.5 cm³/mol. The van der Waals surface area contributed by atoms with Crippen molar-refractivity contribution in [2.45, 2.75) is 32.1 Å². The fourth-order valence-electron chi connectivity index (χ4n) is 2.35. The lowest BCUT2D eigenvalue weighted by Gasteiger charge is -2.32. The van der Waals surface area contributed by atoms with Crippen molar-refractivity contribution in [3.63, 3.8) is 0 Å². The summed E-state index contributed by atoms with van der Waals surface area (Å²) in [6, 6.07) is 0. The number of carboxylic acids is 1. The standard InChI is InChI=1S/C12H23NO3/c1-16-9-3-8-13-7-2-4-11(10-13)5-6-12(14)15/h11H,2-10H2,1H3,(H,14,15). The highest BCUT2D eigenvalue weighted by molar-refractivity contribution is 5.66. The Bertz CT molecular complexity index is 208. The average molecular weight is 229 g/mol. The van der Waals surface area contributed by atoms with E-state index in [1.807, 2.05) is 0 Å². The molecule has 94 valence electrons. The first kappa shape index (κ1) is 13.5. The molecule has 1 aliphatic heterocycles. The molecule has 0 saturated carbocycles. The molecular formula is C12H23NO3. The lowest BCUT2D eigenvalue weighted by atomic mass is 9.93. The van der Waals surface area contributed by atoms with Crippen LogP contribution in [0.3, 0.4) is 0 Å². The van der Waals surface area contributed by atoms with Gasteiger partial charge in [-0.3, -0.25) is 4.79 Å². The Hall–Kier alpha value is -0.610. The first-order valence-electron chi connectivity index (χ1n) is 6.15. The summed E-state index contributed by atoms with van der Waals surface area (Å²) < 4.78 is 5.03. The molecule has 1 atom stereocenters. The zero-order valence-corrected chi connectivity index (χ0v) is 10.2. The van der Waals surface area contributed by atoms with Crippen LogP contribution in [0.2, 0.25) is 0 Å². The summed E-state index contributed by atoms with van der Waals surface area (Å²) in [5.41, 5.74) is 0. The van der Waals surface area contributed by atoms with Gasteiger partial charge in [0.05, 0.1) is 0 Å². The number of aliphatic carboxylic acids is 1. The van der Waals surface area contributed by atoms with Crippen molar-refractivity contribution in [2.75, 3.05) is 33.4 Å². The molecule has 0 aromatic heterocycles. The van der Waals surface area contributed by atoms with Gasteiger partial charge < -0.3 is 14.7 Å². The van der Waals surface area contributed by atoms with Crippen LogP contribution in [0.4, 0.5) is 0 Å². The summed E-state index contributed by atoms with van der Waals surface area (Å²) in [5.74, 6) is -0.0936. The smallest absolute Gasteiger partial charge is 0.303 e. The predicted octanol–water partition coefficient (Wildman–Crippen LogP) is 1.60. The molecule has 1 heterocycles. The molecule has 0 aromatic rings. The average Bonchev–Trinajstić information content (AvgIpc) is 2.27. The maximum Gasteiger partial charge on any atom is 0.303 e. The summed E-state index contributed by atoms with van der Waals surface area (Å²) in [5, 5.41) is 8.65. The van der Waals surface area contributed by atoms with Gasteiger partial charge in [0, 0.05) is 33.2 Å². The second-order valence-corrected chi connectivity index (χ2v) is 4.59. The van der Waals surface area contributed by atoms with E-state index in [2.05, 4.69) is 4.90 Å². The molecule has 1 rings (SSSR count). The number of ether oxygens (including phenoxy) is 1. The van der Waals surface area contributed by atoms with Gasteiger partial charge in [0.2, 0.25) is 0 Å². The fourth-order valence-corrected chi connectivity index (χ4v) is 2.35. The third-order valence-electron chi connectivity index (χ3n) is 3.19. The van der Waals surface area contributed by atoms with Gasteiger partial charge in [0.25, 0.3) is 0 Å². The monoisotopic (exact) mass is 229 g/mol. The first-order valence-corrected chi connectivity index (χ1v) is 6.15. The van der Waals surface area contributed by atoms with E-state index in [1.165, 1.54) is 12.8 Å². The van der Waals surface area contributed by atoms with Crippen molar-refractivity contribution in [1.29, 1.82) is 0 Å². The molecule has 0 bridgehead atoms. The van der Waals surface area contributed by atoms with E-state index in [4.69, 9.17) is 9.84 Å². The summed E-state index contributed by atoms with van der Waals surface area (Å²) in [7, 11) is 1.73. The molecule has 4 heteroatoms. The van der Waals surface area contributed by atoms with E-state index < -0.39 is 5.97 Å². The zero-order valence-electron chi connectivity index (χ0n) is 10.2. The summed E-state index contributed by atoms with van der Waals surface area (Å²) in [4.78, 5) is 12.9. The van der Waals surface area contributed by atoms with Crippen LogP contribution in [0.25, 0.3) is 0 Å². The molecule has 0 radical (unpaired) electrons. The highest BCUT2D eigenvalue weighted by Crippen LogP contribution is 2.20. The van der Waals surface area contributed by atoms with Gasteiger partial charge in [-0.1, -0.05) is 0 Å². The Balaban J connectivity index is 2.16. The van der Waals surface area contributed by atoms with Crippen molar-refractivity contribution in [3.8, 4) is 0 Å². The maximum atomic E-state index is 10.5. The van der Waals surface area contributed by atoms with Gasteiger partial charge in [-0.25, -0.2) is 0 Å². The molecule has 1 unspecified atom stereocenters. The minimum atomic E-state index is -0.670. The van der Waals surface area contributed by atoms with Gasteiger partial charge in [0.1, 0.15) is 0 Å². The topological polar surface area (TPSA) is 49.8 Å². The van der Waals surface area contributed by atoms with Crippen molar-refractivity contribution < 1.29 is 14.6 Å². The molecule has 1 saturated heterocycles. The molecule has 0 amide bonds. The second kappa shape index (κ2) is 7.63. The number of rotatable bonds is 7. The van der Waals surface area contributed by atoms with Crippen molar-refractivity contribution in [1.82, 2.24) is 4.90 Å². The van der Waals surface area contributed by atoms with Gasteiger partial charge in [-0.2, -0.15) is 0 Å². The van der Waals surface area contributed by atoms with Crippen molar-refractivity contribution in [3.05, 3.63) is 0 Å². The van der Waals surface area contributed by atoms with E-state index in [1.54, 1.807) is 7.11 Å². The largest absolute Gasteiger partial charge is 0.481 e. The van der Waals surface area contributed by atoms with Crippen LogP contribution in [-0.4, -0.2) is 49.3 Å². The number of nitrogens with zero attached hydrogens (tertiary/aromatic N) is 1. The highest BCUT2D eigenvalue weighted by atomic mass is 16.5. The molecule has 16 heavy (non-hydrogen) atoms. The second-order valence-electron chi connectivity index (χ2n) is 4.59. The summed E-state index contributed by atoms with van der Waals surface area (Å²) in [6.45, 7) is 4.12. The van der Waals surface area contributed by atoms with Crippen LogP contribution >= 0.6 is 0 Å². The van der Waals surface area contributed by atoms with Crippen LogP contribution in [0.15, 0.2) is 0 Å². The zero-order chi connectivity index (χ0) is 11.8. The van der Waals surface area contributed by atoms with Crippen LogP contribution in [0, 0.1) is 5.92 Å². The summed E-state index contributed by atoms with van der Waals surface area (Å²) >= 11 is 0. The Labute approximate surface area is 97.6 Å². The quantitative estimate of drug-likeness (QED) is 0.674. The molecule has 1 aliphatic rings. The Kier molecular flexibility index (Phi) is 6.42. The van der Waals surface area contributed by atoms with E-state index in [9.17, 15) is 4.79 Å². The number of hydrogen-bond acceptors (Lipinski definition) is 3. The van der Waals surface area contributed by atoms with Gasteiger partial charge in [-0.05, 0) is 38.1 Å². The van der Waals surface area contributed by atoms with Crippen molar-refractivity contribution in [2.24, 2.45) is 5.92 Å². The summed E-state index contributed by atoms with van der Waals surface area (Å²) in [6.07, 6.45) is 4.61. The molecular weight excluding hydrogens is 206 g/mol. The van der Waals surface area contributed by atoms with E-state index in [0.717, 1.165) is 39.1 Å². The first-order chi connectivity index (χ1) is 7.72. The minimum absolute atomic E-state index is 0.316. The number of piperidine rings is 1. The molecule has 4 nitrogen and oxygen atoms in total. The minimum Gasteiger partial charge on any atom is -0.481 e. The van der Waals surface area contributed by atoms with Gasteiger partial charge in [0.15, 0.2) is 0 Å². The molecule has 1 fully saturated rings. The third-order valence-corrected chi connectivity index (χ3v) is 3.19. The fraction of sp³-hybridized carbons (Fsp3) is 0.917. The van der Waals surface area contributed by atoms with Crippen LogP contribution in [-0.2, 0) is 9.53 Å². The number of methoxy groups -OCH3 is 1. The van der Waals surface area contributed by atoms with Gasteiger partial charge >= 0.3 is 5.97 Å².